The highest BCUT2D eigenvalue weighted by Gasteiger charge is 2.78. The number of carbonyl (C=O) groups is 3. The van der Waals surface area contributed by atoms with Gasteiger partial charge in [0.2, 0.25) is 17.7 Å². The lowest BCUT2D eigenvalue weighted by Crippen LogP contribution is -2.55. The van der Waals surface area contributed by atoms with E-state index < -0.39 is 29.1 Å². The molecule has 2 bridgehead atoms. The minimum Gasteiger partial charge on any atom is -0.396 e. The molecule has 0 saturated carbocycles. The standard InChI is InChI=1S/C20H33N3O5/c1-4-6-10-22-17(26)15-20-9-8-19(5-2,28-20)13(16(25)21-3)14(20)18(27)23(15)11-7-12-24/h13-15,24H,4-12H2,1-3H3,(H,21,25)(H,22,26)/t13-,14+,15?,19+,20?/m1/s1. The van der Waals surface area contributed by atoms with Crippen LogP contribution in [0.1, 0.15) is 52.4 Å². The smallest absolute Gasteiger partial charge is 0.245 e. The van der Waals surface area contributed by atoms with Crippen LogP contribution < -0.4 is 10.6 Å². The van der Waals surface area contributed by atoms with E-state index >= 15 is 0 Å². The molecule has 2 unspecified atom stereocenters. The lowest BCUT2D eigenvalue weighted by molar-refractivity contribution is -0.147. The maximum Gasteiger partial charge on any atom is 0.245 e. The van der Waals surface area contributed by atoms with Gasteiger partial charge in [-0.3, -0.25) is 14.4 Å². The molecule has 3 aliphatic heterocycles. The fraction of sp³-hybridized carbons (Fsp3) is 0.850. The molecule has 3 rings (SSSR count). The van der Waals surface area contributed by atoms with Crippen molar-refractivity contribution in [3.63, 3.8) is 0 Å². The van der Waals surface area contributed by atoms with Crippen molar-refractivity contribution >= 4 is 17.7 Å². The Labute approximate surface area is 166 Å². The summed E-state index contributed by atoms with van der Waals surface area (Å²) < 4.78 is 6.53. The van der Waals surface area contributed by atoms with Crippen molar-refractivity contribution in [2.45, 2.75) is 69.6 Å². The van der Waals surface area contributed by atoms with Crippen molar-refractivity contribution in [1.29, 1.82) is 0 Å². The quantitative estimate of drug-likeness (QED) is 0.483. The Morgan fingerprint density at radius 3 is 2.61 bits per heavy atom. The van der Waals surface area contributed by atoms with E-state index in [0.29, 0.717) is 32.2 Å². The highest BCUT2D eigenvalue weighted by molar-refractivity contribution is 5.99. The molecule has 28 heavy (non-hydrogen) atoms. The van der Waals surface area contributed by atoms with Gasteiger partial charge < -0.3 is 25.4 Å². The third-order valence-corrected chi connectivity index (χ3v) is 6.84. The minimum absolute atomic E-state index is 0.0652. The number of aliphatic hydroxyl groups is 1. The topological polar surface area (TPSA) is 108 Å². The van der Waals surface area contributed by atoms with Crippen molar-refractivity contribution in [3.05, 3.63) is 0 Å². The summed E-state index contributed by atoms with van der Waals surface area (Å²) in [6, 6.07) is -0.753. The minimum atomic E-state index is -0.962. The first-order chi connectivity index (χ1) is 13.4. The van der Waals surface area contributed by atoms with Gasteiger partial charge in [0, 0.05) is 26.7 Å². The Hall–Kier alpha value is -1.67. The summed E-state index contributed by atoms with van der Waals surface area (Å²) in [5.41, 5.74) is -1.65. The molecule has 0 aromatic heterocycles. The predicted octanol–water partition coefficient (Wildman–Crippen LogP) is 0.186. The number of aliphatic hydroxyl groups excluding tert-OH is 1. The van der Waals surface area contributed by atoms with Crippen LogP contribution in [0.2, 0.25) is 0 Å². The van der Waals surface area contributed by atoms with E-state index in [2.05, 4.69) is 10.6 Å². The molecule has 3 aliphatic rings. The molecule has 8 heteroatoms. The zero-order valence-electron chi connectivity index (χ0n) is 17.1. The number of fused-ring (bicyclic) bond motifs is 1. The maximum absolute atomic E-state index is 13.4. The molecule has 8 nitrogen and oxygen atoms in total. The Kier molecular flexibility index (Phi) is 6.00. The van der Waals surface area contributed by atoms with Crippen LogP contribution in [0.25, 0.3) is 0 Å². The summed E-state index contributed by atoms with van der Waals surface area (Å²) in [7, 11) is 1.57. The highest BCUT2D eigenvalue weighted by Crippen LogP contribution is 2.64. The summed E-state index contributed by atoms with van der Waals surface area (Å²) in [6.45, 7) is 4.79. The molecule has 3 fully saturated rings. The number of carbonyl (C=O) groups excluding carboxylic acids is 3. The van der Waals surface area contributed by atoms with Crippen LogP contribution in [-0.2, 0) is 19.1 Å². The van der Waals surface area contributed by atoms with Crippen molar-refractivity contribution in [2.75, 3.05) is 26.7 Å². The Morgan fingerprint density at radius 2 is 2.00 bits per heavy atom. The number of likely N-dealkylation sites (tertiary alicyclic amines) is 1. The molecule has 3 saturated heterocycles. The van der Waals surface area contributed by atoms with Crippen molar-refractivity contribution in [3.8, 4) is 0 Å². The Bertz CT molecular complexity index is 641. The van der Waals surface area contributed by atoms with E-state index in [9.17, 15) is 19.5 Å². The van der Waals surface area contributed by atoms with Gasteiger partial charge in [0.05, 0.1) is 17.4 Å². The van der Waals surface area contributed by atoms with E-state index in [-0.39, 0.29) is 30.9 Å². The highest BCUT2D eigenvalue weighted by atomic mass is 16.5. The fourth-order valence-electron chi connectivity index (χ4n) is 5.54. The van der Waals surface area contributed by atoms with Gasteiger partial charge in [-0.15, -0.1) is 0 Å². The monoisotopic (exact) mass is 395 g/mol. The van der Waals surface area contributed by atoms with Gasteiger partial charge in [0.15, 0.2) is 0 Å². The van der Waals surface area contributed by atoms with Crippen molar-refractivity contribution in [1.82, 2.24) is 15.5 Å². The second-order valence-electron chi connectivity index (χ2n) is 8.20. The van der Waals surface area contributed by atoms with Gasteiger partial charge in [0.25, 0.3) is 0 Å². The second-order valence-corrected chi connectivity index (χ2v) is 8.20. The first-order valence-corrected chi connectivity index (χ1v) is 10.5. The number of nitrogens with zero attached hydrogens (tertiary/aromatic N) is 1. The molecular weight excluding hydrogens is 362 g/mol. The average molecular weight is 396 g/mol. The lowest BCUT2D eigenvalue weighted by atomic mass is 9.65. The number of rotatable bonds is 9. The molecule has 0 aromatic carbocycles. The number of nitrogens with one attached hydrogen (secondary N) is 2. The van der Waals surface area contributed by atoms with E-state index in [0.717, 1.165) is 12.8 Å². The molecular formula is C20H33N3O5. The predicted molar refractivity (Wildman–Crippen MR) is 102 cm³/mol. The Balaban J connectivity index is 1.99. The van der Waals surface area contributed by atoms with E-state index in [1.165, 1.54) is 0 Å². The molecule has 158 valence electrons. The average Bonchev–Trinajstić information content (AvgIpc) is 3.29. The third kappa shape index (κ3) is 2.92. The van der Waals surface area contributed by atoms with Gasteiger partial charge in [-0.1, -0.05) is 20.3 Å². The van der Waals surface area contributed by atoms with Gasteiger partial charge in [-0.2, -0.15) is 0 Å². The number of hydrogen-bond donors (Lipinski definition) is 3. The van der Waals surface area contributed by atoms with Crippen LogP contribution in [0.5, 0.6) is 0 Å². The SMILES string of the molecule is CCCCNC(=O)C1N(CCCO)C(=O)[C@@H]2[C@H](C(=O)NC)[C@]3(CC)CCC12O3. The lowest BCUT2D eigenvalue weighted by Gasteiger charge is -2.33. The number of amides is 3. The van der Waals surface area contributed by atoms with E-state index in [4.69, 9.17) is 4.74 Å². The van der Waals surface area contributed by atoms with E-state index in [1.807, 2.05) is 13.8 Å². The summed E-state index contributed by atoms with van der Waals surface area (Å²) in [5, 5.41) is 14.9. The van der Waals surface area contributed by atoms with Gasteiger partial charge in [0.1, 0.15) is 11.6 Å². The summed E-state index contributed by atoms with van der Waals surface area (Å²) in [4.78, 5) is 40.9. The van der Waals surface area contributed by atoms with Crippen LogP contribution in [0.4, 0.5) is 0 Å². The summed E-state index contributed by atoms with van der Waals surface area (Å²) >= 11 is 0. The number of ether oxygens (including phenoxy) is 1. The zero-order valence-corrected chi connectivity index (χ0v) is 17.1. The normalized spacial score (nSPS) is 35.9. The zero-order chi connectivity index (χ0) is 20.5. The van der Waals surface area contributed by atoms with Crippen LogP contribution >= 0.6 is 0 Å². The van der Waals surface area contributed by atoms with Crippen LogP contribution in [0.3, 0.4) is 0 Å². The van der Waals surface area contributed by atoms with Gasteiger partial charge in [-0.25, -0.2) is 0 Å². The first-order valence-electron chi connectivity index (χ1n) is 10.5. The maximum atomic E-state index is 13.4. The van der Waals surface area contributed by atoms with Crippen LogP contribution in [0.15, 0.2) is 0 Å². The van der Waals surface area contributed by atoms with Crippen molar-refractivity contribution in [2.24, 2.45) is 11.8 Å². The molecule has 3 N–H and O–H groups in total. The molecule has 3 heterocycles. The third-order valence-electron chi connectivity index (χ3n) is 6.84. The van der Waals surface area contributed by atoms with E-state index in [1.54, 1.807) is 11.9 Å². The van der Waals surface area contributed by atoms with Gasteiger partial charge in [-0.05, 0) is 32.1 Å². The number of hydrogen-bond acceptors (Lipinski definition) is 5. The fourth-order valence-corrected chi connectivity index (χ4v) is 5.54. The first kappa shape index (κ1) is 21.0. The number of unbranched alkanes of at least 4 members (excludes halogenated alkanes) is 1. The van der Waals surface area contributed by atoms with Crippen molar-refractivity contribution < 1.29 is 24.2 Å². The van der Waals surface area contributed by atoms with Gasteiger partial charge >= 0.3 is 0 Å². The summed E-state index contributed by atoms with van der Waals surface area (Å²) in [5.74, 6) is -1.86. The van der Waals surface area contributed by atoms with Crippen LogP contribution in [0, 0.1) is 11.8 Å². The Morgan fingerprint density at radius 1 is 1.25 bits per heavy atom. The molecule has 0 aromatic rings. The molecule has 5 atom stereocenters. The largest absolute Gasteiger partial charge is 0.396 e. The van der Waals surface area contributed by atoms with Crippen LogP contribution in [-0.4, -0.2) is 71.7 Å². The second kappa shape index (κ2) is 7.99. The molecule has 1 spiro atoms. The molecule has 0 aliphatic carbocycles. The molecule has 3 amide bonds. The summed E-state index contributed by atoms with van der Waals surface area (Å²) in [6.07, 6.45) is 4.08. The molecule has 0 radical (unpaired) electrons.